The summed E-state index contributed by atoms with van der Waals surface area (Å²) in [7, 11) is -3.09. The second-order valence-corrected chi connectivity index (χ2v) is 7.34. The average Bonchev–Trinajstić information content (AvgIpc) is 2.93. The summed E-state index contributed by atoms with van der Waals surface area (Å²) in [5.41, 5.74) is 0. The topological polar surface area (TPSA) is 75.7 Å². The van der Waals surface area contributed by atoms with E-state index < -0.39 is 10.0 Å². The van der Waals surface area contributed by atoms with Gasteiger partial charge in [0.2, 0.25) is 15.9 Å². The largest absolute Gasteiger partial charge is 0.368 e. The highest BCUT2D eigenvalue weighted by Gasteiger charge is 2.30. The minimum absolute atomic E-state index is 0.0469. The van der Waals surface area contributed by atoms with Gasteiger partial charge in [0.05, 0.1) is 5.75 Å². The lowest BCUT2D eigenvalue weighted by Gasteiger charge is -2.31. The molecule has 0 aromatic rings. The van der Waals surface area contributed by atoms with Crippen molar-refractivity contribution in [1.29, 1.82) is 0 Å². The highest BCUT2D eigenvalue weighted by Crippen LogP contribution is 2.16. The Bertz CT molecular complexity index is 409. The quantitative estimate of drug-likeness (QED) is 0.796. The van der Waals surface area contributed by atoms with Gasteiger partial charge in [0.1, 0.15) is 6.10 Å². The highest BCUT2D eigenvalue weighted by atomic mass is 32.2. The van der Waals surface area contributed by atoms with Crippen molar-refractivity contribution in [2.75, 3.05) is 25.4 Å². The van der Waals surface area contributed by atoms with Crippen LogP contribution in [0.1, 0.15) is 32.6 Å². The summed E-state index contributed by atoms with van der Waals surface area (Å²) in [6.45, 7) is 3.30. The molecule has 2 aliphatic rings. The van der Waals surface area contributed by atoms with Gasteiger partial charge in [-0.25, -0.2) is 12.7 Å². The number of rotatable bonds is 4. The van der Waals surface area contributed by atoms with Crippen molar-refractivity contribution in [3.05, 3.63) is 0 Å². The maximum Gasteiger partial charge on any atom is 0.249 e. The van der Waals surface area contributed by atoms with Crippen LogP contribution >= 0.6 is 0 Å². The van der Waals surface area contributed by atoms with E-state index >= 15 is 0 Å². The summed E-state index contributed by atoms with van der Waals surface area (Å²) in [6.07, 6.45) is 2.77. The lowest BCUT2D eigenvalue weighted by molar-refractivity contribution is -0.131. The normalized spacial score (nSPS) is 26.5. The molecule has 0 aromatic heterocycles. The first-order valence-corrected chi connectivity index (χ1v) is 8.53. The van der Waals surface area contributed by atoms with Gasteiger partial charge in [-0.1, -0.05) is 0 Å². The van der Waals surface area contributed by atoms with Gasteiger partial charge < -0.3 is 10.1 Å². The molecular formula is C12H22N2O4S. The summed E-state index contributed by atoms with van der Waals surface area (Å²) in [4.78, 5) is 11.9. The molecule has 110 valence electrons. The molecule has 0 aliphatic carbocycles. The third kappa shape index (κ3) is 3.67. The number of nitrogens with one attached hydrogen (secondary N) is 1. The molecule has 7 heteroatoms. The van der Waals surface area contributed by atoms with Crippen LogP contribution in [0.3, 0.4) is 0 Å². The zero-order valence-corrected chi connectivity index (χ0v) is 12.1. The van der Waals surface area contributed by atoms with Gasteiger partial charge in [0.15, 0.2) is 0 Å². The number of sulfonamides is 1. The lowest BCUT2D eigenvalue weighted by Crippen LogP contribution is -2.48. The number of carbonyl (C=O) groups is 1. The van der Waals surface area contributed by atoms with Gasteiger partial charge >= 0.3 is 0 Å². The summed E-state index contributed by atoms with van der Waals surface area (Å²) in [5, 5.41) is 2.97. The molecule has 0 spiro atoms. The van der Waals surface area contributed by atoms with Crippen LogP contribution in [0.5, 0.6) is 0 Å². The molecule has 0 radical (unpaired) electrons. The molecule has 0 unspecified atom stereocenters. The van der Waals surface area contributed by atoms with E-state index in [0.29, 0.717) is 32.5 Å². The second kappa shape index (κ2) is 6.19. The summed E-state index contributed by atoms with van der Waals surface area (Å²) < 4.78 is 30.3. The molecule has 0 bridgehead atoms. The average molecular weight is 290 g/mol. The zero-order valence-electron chi connectivity index (χ0n) is 11.3. The molecule has 19 heavy (non-hydrogen) atoms. The van der Waals surface area contributed by atoms with E-state index in [1.807, 2.05) is 0 Å². The Morgan fingerprint density at radius 2 is 2.00 bits per heavy atom. The van der Waals surface area contributed by atoms with Crippen LogP contribution in [0.2, 0.25) is 0 Å². The molecule has 2 fully saturated rings. The predicted molar refractivity (Wildman–Crippen MR) is 71.2 cm³/mol. The monoisotopic (exact) mass is 290 g/mol. The van der Waals surface area contributed by atoms with Crippen molar-refractivity contribution < 1.29 is 17.9 Å². The van der Waals surface area contributed by atoms with Crippen molar-refractivity contribution in [3.8, 4) is 0 Å². The second-order valence-electron chi connectivity index (χ2n) is 5.08. The van der Waals surface area contributed by atoms with Crippen LogP contribution in [0.4, 0.5) is 0 Å². The zero-order chi connectivity index (χ0) is 13.9. The first-order chi connectivity index (χ1) is 9.03. The van der Waals surface area contributed by atoms with Crippen LogP contribution < -0.4 is 5.32 Å². The Kier molecular flexibility index (Phi) is 4.81. The van der Waals surface area contributed by atoms with Crippen LogP contribution in [0.15, 0.2) is 0 Å². The summed E-state index contributed by atoms with van der Waals surface area (Å²) in [6, 6.07) is 0.0695. The van der Waals surface area contributed by atoms with E-state index in [-0.39, 0.29) is 23.8 Å². The number of nitrogens with zero attached hydrogens (tertiary/aromatic N) is 1. The number of piperidine rings is 1. The van der Waals surface area contributed by atoms with Crippen LogP contribution in [0.25, 0.3) is 0 Å². The van der Waals surface area contributed by atoms with Gasteiger partial charge in [0, 0.05) is 25.7 Å². The third-order valence-corrected chi connectivity index (χ3v) is 5.66. The number of hydrogen-bond donors (Lipinski definition) is 1. The van der Waals surface area contributed by atoms with Crippen molar-refractivity contribution >= 4 is 15.9 Å². The van der Waals surface area contributed by atoms with E-state index in [0.717, 1.165) is 12.8 Å². The van der Waals surface area contributed by atoms with Gasteiger partial charge in [0.25, 0.3) is 0 Å². The molecule has 2 heterocycles. The Balaban J connectivity index is 1.78. The standard InChI is InChI=1S/C12H22N2O4S/c1-2-19(16,17)14-7-5-10(6-8-14)13-12(15)11-4-3-9-18-11/h10-11H,2-9H2,1H3,(H,13,15)/t11-/m1/s1. The molecule has 0 aromatic carbocycles. The first-order valence-electron chi connectivity index (χ1n) is 6.92. The lowest BCUT2D eigenvalue weighted by atomic mass is 10.1. The smallest absolute Gasteiger partial charge is 0.249 e. The minimum atomic E-state index is -3.09. The Morgan fingerprint density at radius 1 is 1.32 bits per heavy atom. The van der Waals surface area contributed by atoms with Crippen molar-refractivity contribution in [3.63, 3.8) is 0 Å². The molecule has 0 saturated carbocycles. The molecule has 1 amide bonds. The van der Waals surface area contributed by atoms with E-state index in [9.17, 15) is 13.2 Å². The van der Waals surface area contributed by atoms with Gasteiger partial charge in [-0.2, -0.15) is 0 Å². The molecule has 1 atom stereocenters. The van der Waals surface area contributed by atoms with E-state index in [1.54, 1.807) is 6.92 Å². The fourth-order valence-electron chi connectivity index (χ4n) is 2.54. The van der Waals surface area contributed by atoms with E-state index in [1.165, 1.54) is 4.31 Å². The first kappa shape index (κ1) is 14.7. The minimum Gasteiger partial charge on any atom is -0.368 e. The molecule has 1 N–H and O–H groups in total. The molecule has 2 saturated heterocycles. The van der Waals surface area contributed by atoms with Gasteiger partial charge in [-0.15, -0.1) is 0 Å². The van der Waals surface area contributed by atoms with Crippen molar-refractivity contribution in [1.82, 2.24) is 9.62 Å². The number of amides is 1. The third-order valence-electron chi connectivity index (χ3n) is 3.78. The molecule has 2 aliphatic heterocycles. The maximum absolute atomic E-state index is 11.9. The predicted octanol–water partition coefficient (Wildman–Crippen LogP) is 0.0957. The Morgan fingerprint density at radius 3 is 2.53 bits per heavy atom. The van der Waals surface area contributed by atoms with Crippen LogP contribution in [0, 0.1) is 0 Å². The summed E-state index contributed by atoms with van der Waals surface area (Å²) >= 11 is 0. The number of ether oxygens (including phenoxy) is 1. The van der Waals surface area contributed by atoms with Gasteiger partial charge in [-0.3, -0.25) is 4.79 Å². The Hall–Kier alpha value is -0.660. The van der Waals surface area contributed by atoms with Crippen molar-refractivity contribution in [2.45, 2.75) is 44.8 Å². The van der Waals surface area contributed by atoms with Crippen LogP contribution in [-0.4, -0.2) is 56.2 Å². The number of hydrogen-bond acceptors (Lipinski definition) is 4. The van der Waals surface area contributed by atoms with E-state index in [4.69, 9.17) is 4.74 Å². The maximum atomic E-state index is 11.9. The van der Waals surface area contributed by atoms with Crippen molar-refractivity contribution in [2.24, 2.45) is 0 Å². The Labute approximate surface area is 114 Å². The van der Waals surface area contributed by atoms with Gasteiger partial charge in [-0.05, 0) is 32.6 Å². The molecule has 2 rings (SSSR count). The number of carbonyl (C=O) groups excluding carboxylic acids is 1. The van der Waals surface area contributed by atoms with E-state index in [2.05, 4.69) is 5.32 Å². The fourth-order valence-corrected chi connectivity index (χ4v) is 3.67. The highest BCUT2D eigenvalue weighted by molar-refractivity contribution is 7.89. The SMILES string of the molecule is CCS(=O)(=O)N1CCC(NC(=O)[C@H]2CCCO2)CC1. The molecule has 6 nitrogen and oxygen atoms in total. The van der Waals surface area contributed by atoms with Crippen LogP contribution in [-0.2, 0) is 19.6 Å². The fraction of sp³-hybridized carbons (Fsp3) is 0.917. The molecular weight excluding hydrogens is 268 g/mol. The summed E-state index contributed by atoms with van der Waals surface area (Å²) in [5.74, 6) is 0.0919.